The van der Waals surface area contributed by atoms with E-state index in [9.17, 15) is 9.59 Å². The van der Waals surface area contributed by atoms with Crippen LogP contribution in [-0.4, -0.2) is 36.4 Å². The number of nitrogens with one attached hydrogen (secondary N) is 2. The van der Waals surface area contributed by atoms with E-state index in [-0.39, 0.29) is 11.8 Å². The number of carbonyl (C=O) groups excluding carboxylic acids is 2. The zero-order valence-electron chi connectivity index (χ0n) is 9.04. The molecule has 0 aliphatic heterocycles. The number of hydrogen-bond donors (Lipinski definition) is 2. The molecule has 0 fully saturated rings. The van der Waals surface area contributed by atoms with E-state index in [1.807, 2.05) is 0 Å². The molecule has 0 unspecified atom stereocenters. The van der Waals surface area contributed by atoms with E-state index in [1.54, 1.807) is 6.08 Å². The monoisotopic (exact) mass is 230 g/mol. The lowest BCUT2D eigenvalue weighted by Gasteiger charge is -2.04. The maximum Gasteiger partial charge on any atom is 0.230 e. The Bertz CT molecular complexity index is 219. The third-order valence-corrected chi connectivity index (χ3v) is 2.46. The van der Waals surface area contributed by atoms with E-state index >= 15 is 0 Å². The molecule has 0 saturated heterocycles. The van der Waals surface area contributed by atoms with Crippen molar-refractivity contribution in [3.63, 3.8) is 0 Å². The van der Waals surface area contributed by atoms with Crippen LogP contribution >= 0.6 is 11.8 Å². The summed E-state index contributed by atoms with van der Waals surface area (Å²) in [5.74, 6) is 1.25. The fourth-order valence-corrected chi connectivity index (χ4v) is 1.44. The molecule has 2 amide bonds. The number of hydrogen-bond acceptors (Lipinski definition) is 3. The second-order valence-electron chi connectivity index (χ2n) is 2.99. The minimum atomic E-state index is -0.0390. The molecule has 5 heteroatoms. The van der Waals surface area contributed by atoms with Gasteiger partial charge >= 0.3 is 0 Å². The largest absolute Gasteiger partial charge is 0.356 e. The molecule has 15 heavy (non-hydrogen) atoms. The van der Waals surface area contributed by atoms with Crippen LogP contribution in [0.2, 0.25) is 0 Å². The van der Waals surface area contributed by atoms with Gasteiger partial charge in [-0.2, -0.15) is 0 Å². The van der Waals surface area contributed by atoms with E-state index in [0.29, 0.717) is 18.8 Å². The fraction of sp³-hybridized carbons (Fsp3) is 0.600. The van der Waals surface area contributed by atoms with Crippen molar-refractivity contribution in [3.05, 3.63) is 12.7 Å². The Morgan fingerprint density at radius 1 is 1.33 bits per heavy atom. The Morgan fingerprint density at radius 3 is 2.60 bits per heavy atom. The van der Waals surface area contributed by atoms with Crippen molar-refractivity contribution in [2.75, 3.05) is 24.6 Å². The predicted octanol–water partition coefficient (Wildman–Crippen LogP) is 0.548. The maximum absolute atomic E-state index is 11.2. The van der Waals surface area contributed by atoms with Crippen LogP contribution in [-0.2, 0) is 9.59 Å². The maximum atomic E-state index is 11.2. The Kier molecular flexibility index (Phi) is 8.96. The summed E-state index contributed by atoms with van der Waals surface area (Å²) in [7, 11) is 0. The van der Waals surface area contributed by atoms with E-state index in [1.165, 1.54) is 18.7 Å². The van der Waals surface area contributed by atoms with E-state index in [2.05, 4.69) is 17.2 Å². The van der Waals surface area contributed by atoms with Gasteiger partial charge in [0.25, 0.3) is 0 Å². The molecule has 0 aliphatic rings. The van der Waals surface area contributed by atoms with Crippen LogP contribution in [0.3, 0.4) is 0 Å². The highest BCUT2D eigenvalue weighted by Crippen LogP contribution is 1.97. The lowest BCUT2D eigenvalue weighted by Crippen LogP contribution is -2.29. The molecule has 4 nitrogen and oxygen atoms in total. The van der Waals surface area contributed by atoms with Gasteiger partial charge in [0, 0.05) is 25.8 Å². The van der Waals surface area contributed by atoms with Crippen LogP contribution in [0.25, 0.3) is 0 Å². The molecule has 0 heterocycles. The van der Waals surface area contributed by atoms with Gasteiger partial charge in [-0.3, -0.25) is 9.59 Å². The van der Waals surface area contributed by atoms with Crippen LogP contribution in [0.15, 0.2) is 12.7 Å². The topological polar surface area (TPSA) is 58.2 Å². The lowest BCUT2D eigenvalue weighted by molar-refractivity contribution is -0.119. The molecule has 0 aromatic carbocycles. The molecule has 0 radical (unpaired) electrons. The fourth-order valence-electron chi connectivity index (χ4n) is 0.867. The zero-order valence-corrected chi connectivity index (χ0v) is 9.86. The minimum Gasteiger partial charge on any atom is -0.356 e. The molecular formula is C10H18N2O2S. The van der Waals surface area contributed by atoms with Crippen molar-refractivity contribution in [1.29, 1.82) is 0 Å². The summed E-state index contributed by atoms with van der Waals surface area (Å²) >= 11 is 1.53. The second-order valence-corrected chi connectivity index (χ2v) is 4.02. The van der Waals surface area contributed by atoms with Gasteiger partial charge in [-0.25, -0.2) is 0 Å². The van der Waals surface area contributed by atoms with E-state index in [0.717, 1.165) is 12.2 Å². The van der Waals surface area contributed by atoms with Crippen molar-refractivity contribution >= 4 is 23.6 Å². The summed E-state index contributed by atoms with van der Waals surface area (Å²) < 4.78 is 0. The number of thioether (sulfide) groups is 1. The van der Waals surface area contributed by atoms with Gasteiger partial charge in [-0.15, -0.1) is 18.3 Å². The molecule has 0 aromatic heterocycles. The number of amides is 2. The van der Waals surface area contributed by atoms with Gasteiger partial charge in [0.2, 0.25) is 11.8 Å². The van der Waals surface area contributed by atoms with Gasteiger partial charge in [0.15, 0.2) is 0 Å². The highest BCUT2D eigenvalue weighted by Gasteiger charge is 1.99. The van der Waals surface area contributed by atoms with Gasteiger partial charge in [-0.05, 0) is 6.42 Å². The third kappa shape index (κ3) is 11.0. The smallest absolute Gasteiger partial charge is 0.230 e. The Morgan fingerprint density at radius 2 is 2.00 bits per heavy atom. The first-order valence-corrected chi connectivity index (χ1v) is 6.02. The highest BCUT2D eigenvalue weighted by molar-refractivity contribution is 8.00. The third-order valence-electron chi connectivity index (χ3n) is 1.52. The molecule has 86 valence electrons. The Balaban J connectivity index is 3.23. The standard InChI is InChI=1S/C10H18N2O2S/c1-3-7-15-8-10(14)12-6-4-5-11-9(2)13/h3H,1,4-8H2,2H3,(H,11,13)(H,12,14). The van der Waals surface area contributed by atoms with Crippen molar-refractivity contribution in [1.82, 2.24) is 10.6 Å². The summed E-state index contributed by atoms with van der Waals surface area (Å²) in [4.78, 5) is 21.7. The van der Waals surface area contributed by atoms with Crippen LogP contribution in [0.5, 0.6) is 0 Å². The summed E-state index contributed by atoms with van der Waals surface area (Å²) in [5, 5.41) is 5.43. The van der Waals surface area contributed by atoms with Crippen LogP contribution < -0.4 is 10.6 Å². The number of carbonyl (C=O) groups is 2. The van der Waals surface area contributed by atoms with E-state index < -0.39 is 0 Å². The van der Waals surface area contributed by atoms with Crippen molar-refractivity contribution in [2.45, 2.75) is 13.3 Å². The Hall–Kier alpha value is -0.970. The molecular weight excluding hydrogens is 212 g/mol. The molecule has 0 saturated carbocycles. The SMILES string of the molecule is C=CCSCC(=O)NCCCNC(C)=O. The average Bonchev–Trinajstić information content (AvgIpc) is 2.17. The highest BCUT2D eigenvalue weighted by atomic mass is 32.2. The van der Waals surface area contributed by atoms with Gasteiger partial charge in [0.05, 0.1) is 5.75 Å². The lowest BCUT2D eigenvalue weighted by atomic mass is 10.4. The quantitative estimate of drug-likeness (QED) is 0.473. The first-order valence-electron chi connectivity index (χ1n) is 4.86. The van der Waals surface area contributed by atoms with Crippen molar-refractivity contribution < 1.29 is 9.59 Å². The Labute approximate surface area is 94.9 Å². The van der Waals surface area contributed by atoms with Gasteiger partial charge in [0.1, 0.15) is 0 Å². The summed E-state index contributed by atoms with van der Waals surface area (Å²) in [5.41, 5.74) is 0. The zero-order chi connectivity index (χ0) is 11.5. The average molecular weight is 230 g/mol. The minimum absolute atomic E-state index is 0.0321. The molecule has 0 rings (SSSR count). The molecule has 0 aromatic rings. The number of rotatable bonds is 8. The van der Waals surface area contributed by atoms with Gasteiger partial charge < -0.3 is 10.6 Å². The molecule has 0 aliphatic carbocycles. The summed E-state index contributed by atoms with van der Waals surface area (Å²) in [6, 6.07) is 0. The second kappa shape index (κ2) is 9.58. The molecule has 2 N–H and O–H groups in total. The predicted molar refractivity (Wildman–Crippen MR) is 63.8 cm³/mol. The van der Waals surface area contributed by atoms with E-state index in [4.69, 9.17) is 0 Å². The normalized spacial score (nSPS) is 9.40. The molecule has 0 bridgehead atoms. The first kappa shape index (κ1) is 14.0. The van der Waals surface area contributed by atoms with Crippen molar-refractivity contribution in [3.8, 4) is 0 Å². The summed E-state index contributed by atoms with van der Waals surface area (Å²) in [6.45, 7) is 6.26. The summed E-state index contributed by atoms with van der Waals surface area (Å²) in [6.07, 6.45) is 2.53. The molecule has 0 spiro atoms. The van der Waals surface area contributed by atoms with Crippen LogP contribution in [0, 0.1) is 0 Å². The molecule has 0 atom stereocenters. The van der Waals surface area contributed by atoms with Crippen LogP contribution in [0.1, 0.15) is 13.3 Å². The first-order chi connectivity index (χ1) is 7.16. The van der Waals surface area contributed by atoms with Crippen molar-refractivity contribution in [2.24, 2.45) is 0 Å². The van der Waals surface area contributed by atoms with Gasteiger partial charge in [-0.1, -0.05) is 6.08 Å². The van der Waals surface area contributed by atoms with Crippen LogP contribution in [0.4, 0.5) is 0 Å².